The van der Waals surface area contributed by atoms with Crippen LogP contribution in [0.1, 0.15) is 93.2 Å². The molecule has 3 heteroatoms. The molecule has 1 nitrogen and oxygen atoms in total. The first kappa shape index (κ1) is 22.0. The van der Waals surface area contributed by atoms with Gasteiger partial charge in [0.25, 0.3) is 0 Å². The molecule has 4 rings (SSSR count). The van der Waals surface area contributed by atoms with E-state index in [1.165, 1.54) is 49.8 Å². The van der Waals surface area contributed by atoms with Gasteiger partial charge < -0.3 is 0 Å². The van der Waals surface area contributed by atoms with Gasteiger partial charge in [-0.05, 0) is 97.8 Å². The van der Waals surface area contributed by atoms with Crippen molar-refractivity contribution in [2.75, 3.05) is 0 Å². The van der Waals surface area contributed by atoms with E-state index < -0.39 is 17.2 Å². The van der Waals surface area contributed by atoms with Crippen molar-refractivity contribution >= 4 is 0 Å². The Kier molecular flexibility index (Phi) is 7.06. The predicted octanol–water partition coefficient (Wildman–Crippen LogP) is 8.11. The van der Waals surface area contributed by atoms with Crippen LogP contribution in [0.5, 0.6) is 0 Å². The van der Waals surface area contributed by atoms with Crippen LogP contribution in [0.15, 0.2) is 42.5 Å². The highest BCUT2D eigenvalue weighted by Gasteiger charge is 2.32. The van der Waals surface area contributed by atoms with Crippen LogP contribution < -0.4 is 0 Å². The van der Waals surface area contributed by atoms with Gasteiger partial charge in [0.1, 0.15) is 23.3 Å². The molecule has 0 N–H and O–H groups in total. The van der Waals surface area contributed by atoms with Gasteiger partial charge in [-0.3, -0.25) is 0 Å². The van der Waals surface area contributed by atoms with E-state index in [4.69, 9.17) is 5.26 Å². The normalized spacial score (nSPS) is 27.4. The molecule has 2 fully saturated rings. The van der Waals surface area contributed by atoms with Crippen molar-refractivity contribution in [3.05, 3.63) is 70.8 Å². The summed E-state index contributed by atoms with van der Waals surface area (Å²) in [5.74, 6) is 1.83. The van der Waals surface area contributed by atoms with Gasteiger partial charge in [-0.25, -0.2) is 8.78 Å². The molecule has 2 saturated carbocycles. The average molecular weight is 422 g/mol. The van der Waals surface area contributed by atoms with Crippen LogP contribution >= 0.6 is 0 Å². The number of nitriles is 1. The second kappa shape index (κ2) is 9.94. The molecule has 2 aliphatic rings. The van der Waals surface area contributed by atoms with Crippen molar-refractivity contribution in [2.24, 2.45) is 17.8 Å². The molecule has 2 aromatic carbocycles. The van der Waals surface area contributed by atoms with E-state index in [1.54, 1.807) is 6.07 Å². The van der Waals surface area contributed by atoms with Gasteiger partial charge >= 0.3 is 0 Å². The van der Waals surface area contributed by atoms with E-state index in [2.05, 4.69) is 37.3 Å². The molecule has 0 aliphatic heterocycles. The highest BCUT2D eigenvalue weighted by Crippen LogP contribution is 2.45. The molecular formula is C28H33F2N. The topological polar surface area (TPSA) is 23.8 Å². The maximum Gasteiger partial charge on any atom is 0.144 e. The van der Waals surface area contributed by atoms with E-state index in [-0.39, 0.29) is 5.92 Å². The van der Waals surface area contributed by atoms with Crippen molar-refractivity contribution in [3.63, 3.8) is 0 Å². The van der Waals surface area contributed by atoms with Crippen LogP contribution in [0, 0.1) is 40.7 Å². The van der Waals surface area contributed by atoms with Crippen molar-refractivity contribution in [3.8, 4) is 6.07 Å². The summed E-state index contributed by atoms with van der Waals surface area (Å²) in [5, 5.41) is 8.87. The molecule has 0 saturated heterocycles. The summed E-state index contributed by atoms with van der Waals surface area (Å²) in [6.07, 6.45) is 11.0. The number of nitrogens with zero attached hydrogens (tertiary/aromatic N) is 1. The van der Waals surface area contributed by atoms with Crippen LogP contribution in [-0.4, -0.2) is 0 Å². The fraction of sp³-hybridized carbons (Fsp3) is 0.536. The summed E-state index contributed by atoms with van der Waals surface area (Å²) in [7, 11) is 0. The van der Waals surface area contributed by atoms with Gasteiger partial charge in [-0.15, -0.1) is 0 Å². The number of rotatable bonds is 5. The minimum Gasteiger partial charge on any atom is -0.205 e. The van der Waals surface area contributed by atoms with Crippen molar-refractivity contribution in [1.29, 1.82) is 5.26 Å². The summed E-state index contributed by atoms with van der Waals surface area (Å²) >= 11 is 0. The minimum atomic E-state index is -0.720. The van der Waals surface area contributed by atoms with Crippen LogP contribution in [-0.2, 0) is 0 Å². The van der Waals surface area contributed by atoms with Gasteiger partial charge in [0.15, 0.2) is 0 Å². The standard InChI is InChI=1S/C28H33F2N/c1-19(21-5-3-2-4-6-21)15-20-7-9-22(10-8-20)23-11-13-24(14-12-23)25-16-27(29)26(18-31)28(30)17-25/h2-6,16-17,19-20,22-24H,7-15H2,1H3/t19-,20?,22?,23?,24?/m1/s1. The van der Waals surface area contributed by atoms with Crippen molar-refractivity contribution in [1.82, 2.24) is 0 Å². The maximum atomic E-state index is 14.0. The Morgan fingerprint density at radius 3 is 1.97 bits per heavy atom. The molecule has 1 atom stereocenters. The second-order valence-electron chi connectivity index (χ2n) is 9.91. The number of benzene rings is 2. The van der Waals surface area contributed by atoms with E-state index in [9.17, 15) is 8.78 Å². The SMILES string of the molecule is C[C@H](CC1CCC(C2CCC(c3cc(F)c(C#N)c(F)c3)CC2)CC1)c1ccccc1. The molecule has 31 heavy (non-hydrogen) atoms. The van der Waals surface area contributed by atoms with Gasteiger partial charge in [0.2, 0.25) is 0 Å². The zero-order valence-corrected chi connectivity index (χ0v) is 18.5. The molecule has 0 bridgehead atoms. The maximum absolute atomic E-state index is 14.0. The Morgan fingerprint density at radius 1 is 0.871 bits per heavy atom. The highest BCUT2D eigenvalue weighted by molar-refractivity contribution is 5.36. The Labute approximate surface area is 185 Å². The van der Waals surface area contributed by atoms with Gasteiger partial charge in [0, 0.05) is 0 Å². The molecule has 0 heterocycles. The van der Waals surface area contributed by atoms with E-state index in [0.717, 1.165) is 49.0 Å². The third kappa shape index (κ3) is 5.17. The lowest BCUT2D eigenvalue weighted by Crippen LogP contribution is -2.26. The summed E-state index contributed by atoms with van der Waals surface area (Å²) in [5.41, 5.74) is 1.72. The zero-order chi connectivity index (χ0) is 21.8. The molecule has 0 aromatic heterocycles. The molecule has 2 aromatic rings. The van der Waals surface area contributed by atoms with Crippen LogP contribution in [0.3, 0.4) is 0 Å². The van der Waals surface area contributed by atoms with Crippen LogP contribution in [0.4, 0.5) is 8.78 Å². The molecule has 0 spiro atoms. The Bertz CT molecular complexity index is 877. The van der Waals surface area contributed by atoms with Crippen molar-refractivity contribution < 1.29 is 8.78 Å². The third-order valence-electron chi connectivity index (χ3n) is 8.03. The Morgan fingerprint density at radius 2 is 1.42 bits per heavy atom. The minimum absolute atomic E-state index is 0.219. The first-order valence-corrected chi connectivity index (χ1v) is 12.0. The van der Waals surface area contributed by atoms with E-state index in [0.29, 0.717) is 5.92 Å². The van der Waals surface area contributed by atoms with Crippen LogP contribution in [0.25, 0.3) is 0 Å². The van der Waals surface area contributed by atoms with Gasteiger partial charge in [-0.1, -0.05) is 50.1 Å². The lowest BCUT2D eigenvalue weighted by Gasteiger charge is -2.38. The molecule has 164 valence electrons. The smallest absolute Gasteiger partial charge is 0.144 e. The molecule has 2 aliphatic carbocycles. The Balaban J connectivity index is 1.26. The lowest BCUT2D eigenvalue weighted by molar-refractivity contribution is 0.154. The number of hydrogen-bond acceptors (Lipinski definition) is 1. The Hall–Kier alpha value is -2.21. The quantitative estimate of drug-likeness (QED) is 0.478. The van der Waals surface area contributed by atoms with E-state index in [1.807, 2.05) is 0 Å². The molecule has 0 unspecified atom stereocenters. The summed E-state index contributed by atoms with van der Waals surface area (Å²) in [6, 6.07) is 15.2. The first-order valence-electron chi connectivity index (χ1n) is 12.0. The van der Waals surface area contributed by atoms with Crippen molar-refractivity contribution in [2.45, 2.75) is 76.5 Å². The average Bonchev–Trinajstić information content (AvgIpc) is 2.80. The largest absolute Gasteiger partial charge is 0.205 e. The second-order valence-corrected chi connectivity index (χ2v) is 9.91. The highest BCUT2D eigenvalue weighted by atomic mass is 19.1. The zero-order valence-electron chi connectivity index (χ0n) is 18.5. The summed E-state index contributed by atoms with van der Waals surface area (Å²) in [6.45, 7) is 2.36. The molecule has 0 radical (unpaired) electrons. The van der Waals surface area contributed by atoms with E-state index >= 15 is 0 Å². The molecule has 0 amide bonds. The lowest BCUT2D eigenvalue weighted by atomic mass is 9.67. The number of hydrogen-bond donors (Lipinski definition) is 0. The monoisotopic (exact) mass is 421 g/mol. The third-order valence-corrected chi connectivity index (χ3v) is 8.03. The van der Waals surface area contributed by atoms with Gasteiger partial charge in [-0.2, -0.15) is 5.26 Å². The van der Waals surface area contributed by atoms with Crippen LogP contribution in [0.2, 0.25) is 0 Å². The number of halogens is 2. The van der Waals surface area contributed by atoms with Gasteiger partial charge in [0.05, 0.1) is 0 Å². The fourth-order valence-corrected chi connectivity index (χ4v) is 6.17. The summed E-state index contributed by atoms with van der Waals surface area (Å²) in [4.78, 5) is 0. The first-order chi connectivity index (χ1) is 15.0. The molecular weight excluding hydrogens is 388 g/mol. The predicted molar refractivity (Wildman–Crippen MR) is 121 cm³/mol. The summed E-state index contributed by atoms with van der Waals surface area (Å²) < 4.78 is 28.0. The fourth-order valence-electron chi connectivity index (χ4n) is 6.17.